The van der Waals surface area contributed by atoms with E-state index >= 15 is 0 Å². The minimum absolute atomic E-state index is 0.275. The highest BCUT2D eigenvalue weighted by molar-refractivity contribution is 6.32. The van der Waals surface area contributed by atoms with Crippen LogP contribution in [0.5, 0.6) is 5.75 Å². The van der Waals surface area contributed by atoms with E-state index in [2.05, 4.69) is 4.74 Å². The maximum Gasteiger partial charge on any atom is 0.456 e. The molecular formula is C10H5BF8O. The van der Waals surface area contributed by atoms with Gasteiger partial charge in [0.15, 0.2) is 6.61 Å². The van der Waals surface area contributed by atoms with Gasteiger partial charge in [0.25, 0.3) is 0 Å². The van der Waals surface area contributed by atoms with Gasteiger partial charge in [-0.25, -0.2) is 0 Å². The molecule has 0 aliphatic rings. The van der Waals surface area contributed by atoms with Crippen LogP contribution in [0.1, 0.15) is 5.56 Å². The van der Waals surface area contributed by atoms with Gasteiger partial charge in [-0.05, 0) is 12.1 Å². The Morgan fingerprint density at radius 2 is 1.50 bits per heavy atom. The Kier molecular flexibility index (Phi) is 4.26. The van der Waals surface area contributed by atoms with Crippen molar-refractivity contribution in [2.24, 2.45) is 0 Å². The van der Waals surface area contributed by atoms with E-state index in [1.165, 1.54) is 0 Å². The lowest BCUT2D eigenvalue weighted by atomic mass is 9.94. The summed E-state index contributed by atoms with van der Waals surface area (Å²) in [6.45, 7) is -2.27. The molecule has 0 saturated heterocycles. The Morgan fingerprint density at radius 1 is 0.950 bits per heavy atom. The highest BCUT2D eigenvalue weighted by Crippen LogP contribution is 2.38. The van der Waals surface area contributed by atoms with Crippen molar-refractivity contribution in [3.63, 3.8) is 0 Å². The molecule has 0 N–H and O–H groups in total. The van der Waals surface area contributed by atoms with E-state index in [-0.39, 0.29) is 5.46 Å². The average molecular weight is 304 g/mol. The summed E-state index contributed by atoms with van der Waals surface area (Å²) in [6.07, 6.45) is -10.9. The second kappa shape index (κ2) is 5.14. The highest BCUT2D eigenvalue weighted by Gasteiger charge is 2.58. The van der Waals surface area contributed by atoms with Crippen molar-refractivity contribution in [3.8, 4) is 5.75 Å². The normalized spacial score (nSPS) is 13.4. The summed E-state index contributed by atoms with van der Waals surface area (Å²) in [6, 6.07) is 1.77. The minimum Gasteiger partial charge on any atom is -0.486 e. The van der Waals surface area contributed by atoms with Crippen molar-refractivity contribution in [1.82, 2.24) is 0 Å². The molecule has 0 amide bonds. The largest absolute Gasteiger partial charge is 0.486 e. The molecule has 0 heterocycles. The number of hydrogen-bond acceptors (Lipinski definition) is 1. The number of alkyl halides is 8. The van der Waals surface area contributed by atoms with Crippen molar-refractivity contribution >= 4 is 13.3 Å². The lowest BCUT2D eigenvalue weighted by Crippen LogP contribution is -2.42. The van der Waals surface area contributed by atoms with Gasteiger partial charge in [-0.3, -0.25) is 0 Å². The maximum atomic E-state index is 12.6. The van der Waals surface area contributed by atoms with E-state index in [0.717, 1.165) is 6.07 Å². The zero-order valence-corrected chi connectivity index (χ0v) is 9.45. The summed E-state index contributed by atoms with van der Waals surface area (Å²) in [4.78, 5) is 0. The fourth-order valence-corrected chi connectivity index (χ4v) is 1.14. The van der Waals surface area contributed by atoms with Gasteiger partial charge in [0.05, 0.1) is 5.56 Å². The third-order valence-electron chi connectivity index (χ3n) is 2.13. The highest BCUT2D eigenvalue weighted by atomic mass is 19.4. The van der Waals surface area contributed by atoms with Crippen LogP contribution in [0, 0.1) is 0 Å². The van der Waals surface area contributed by atoms with Crippen LogP contribution in [0.25, 0.3) is 0 Å². The Bertz CT molecular complexity index is 479. The number of ether oxygens (including phenoxy) is 1. The third kappa shape index (κ3) is 3.77. The smallest absolute Gasteiger partial charge is 0.456 e. The van der Waals surface area contributed by atoms with Crippen LogP contribution in [0.4, 0.5) is 35.1 Å². The SMILES string of the molecule is [B]c1ccc(C(F)(F)F)c(OCC(F)(F)C(F)(F)F)c1. The predicted octanol–water partition coefficient (Wildman–Crippen LogP) is 3.08. The Labute approximate surface area is 108 Å². The van der Waals surface area contributed by atoms with Crippen molar-refractivity contribution in [3.05, 3.63) is 23.8 Å². The van der Waals surface area contributed by atoms with Gasteiger partial charge in [0, 0.05) is 0 Å². The standard InChI is InChI=1S/C10H5BF8O/c11-5-1-2-6(9(14,15)16)7(3-5)20-4-8(12,13)10(17,18)19/h1-3H,4H2. The van der Waals surface area contributed by atoms with Gasteiger partial charge < -0.3 is 4.74 Å². The van der Waals surface area contributed by atoms with Crippen LogP contribution in [0.15, 0.2) is 18.2 Å². The molecule has 20 heavy (non-hydrogen) atoms. The van der Waals surface area contributed by atoms with Crippen molar-refractivity contribution in [2.75, 3.05) is 6.61 Å². The second-order valence-electron chi connectivity index (χ2n) is 3.74. The molecule has 0 spiro atoms. The van der Waals surface area contributed by atoms with Crippen molar-refractivity contribution < 1.29 is 39.9 Å². The molecule has 0 fully saturated rings. The fraction of sp³-hybridized carbons (Fsp3) is 0.400. The molecule has 110 valence electrons. The lowest BCUT2D eigenvalue weighted by molar-refractivity contribution is -0.290. The first-order valence-electron chi connectivity index (χ1n) is 4.88. The van der Waals surface area contributed by atoms with Gasteiger partial charge in [-0.15, -0.1) is 0 Å². The quantitative estimate of drug-likeness (QED) is 0.616. The fourth-order valence-electron chi connectivity index (χ4n) is 1.14. The van der Waals surface area contributed by atoms with E-state index in [9.17, 15) is 35.1 Å². The van der Waals surface area contributed by atoms with Crippen LogP contribution in [0.2, 0.25) is 0 Å². The molecular weight excluding hydrogens is 299 g/mol. The molecule has 0 unspecified atom stereocenters. The molecule has 0 atom stereocenters. The maximum absolute atomic E-state index is 12.6. The summed E-state index contributed by atoms with van der Waals surface area (Å²) in [5.74, 6) is -6.47. The van der Waals surface area contributed by atoms with Crippen LogP contribution in [0.3, 0.4) is 0 Å². The van der Waals surface area contributed by atoms with E-state index in [1.54, 1.807) is 0 Å². The van der Waals surface area contributed by atoms with Gasteiger partial charge in [-0.2, -0.15) is 35.1 Å². The van der Waals surface area contributed by atoms with Crippen molar-refractivity contribution in [1.29, 1.82) is 0 Å². The number of benzene rings is 1. The monoisotopic (exact) mass is 304 g/mol. The molecule has 2 radical (unpaired) electrons. The molecule has 1 aromatic rings. The number of rotatable bonds is 3. The minimum atomic E-state index is -5.92. The molecule has 0 aliphatic carbocycles. The number of halogens is 8. The Morgan fingerprint density at radius 3 is 1.95 bits per heavy atom. The first-order chi connectivity index (χ1) is 8.84. The molecule has 0 aliphatic heterocycles. The molecule has 1 rings (SSSR count). The third-order valence-corrected chi connectivity index (χ3v) is 2.13. The van der Waals surface area contributed by atoms with E-state index < -0.39 is 36.2 Å². The first kappa shape index (κ1) is 16.6. The topological polar surface area (TPSA) is 9.23 Å². The Balaban J connectivity index is 3.02. The molecule has 0 aromatic heterocycles. The van der Waals surface area contributed by atoms with Crippen LogP contribution in [-0.4, -0.2) is 26.6 Å². The number of hydrogen-bond donors (Lipinski definition) is 0. The van der Waals surface area contributed by atoms with Gasteiger partial charge in [0.2, 0.25) is 0 Å². The summed E-state index contributed by atoms with van der Waals surface area (Å²) in [5.41, 5.74) is -1.77. The molecule has 0 saturated carbocycles. The molecule has 1 aromatic carbocycles. The van der Waals surface area contributed by atoms with Gasteiger partial charge >= 0.3 is 18.3 Å². The van der Waals surface area contributed by atoms with Crippen LogP contribution in [-0.2, 0) is 6.18 Å². The predicted molar refractivity (Wildman–Crippen MR) is 53.3 cm³/mol. The van der Waals surface area contributed by atoms with Crippen LogP contribution < -0.4 is 10.2 Å². The summed E-state index contributed by atoms with van der Waals surface area (Å²) in [5, 5.41) is 0. The summed E-state index contributed by atoms with van der Waals surface area (Å²) < 4.78 is 102. The van der Waals surface area contributed by atoms with Crippen molar-refractivity contribution in [2.45, 2.75) is 18.3 Å². The molecule has 0 bridgehead atoms. The summed E-state index contributed by atoms with van der Waals surface area (Å²) >= 11 is 0. The first-order valence-corrected chi connectivity index (χ1v) is 4.88. The van der Waals surface area contributed by atoms with Gasteiger partial charge in [0.1, 0.15) is 13.6 Å². The lowest BCUT2D eigenvalue weighted by Gasteiger charge is -2.21. The molecule has 1 nitrogen and oxygen atoms in total. The second-order valence-corrected chi connectivity index (χ2v) is 3.74. The van der Waals surface area contributed by atoms with E-state index in [4.69, 9.17) is 7.85 Å². The van der Waals surface area contributed by atoms with E-state index in [1.807, 2.05) is 0 Å². The summed E-state index contributed by atoms with van der Waals surface area (Å²) in [7, 11) is 5.14. The van der Waals surface area contributed by atoms with Gasteiger partial charge in [-0.1, -0.05) is 11.5 Å². The Hall–Kier alpha value is -1.48. The zero-order chi connectivity index (χ0) is 15.8. The zero-order valence-electron chi connectivity index (χ0n) is 9.45. The van der Waals surface area contributed by atoms with E-state index in [0.29, 0.717) is 12.1 Å². The molecule has 10 heteroatoms. The average Bonchev–Trinajstić information content (AvgIpc) is 2.23. The van der Waals surface area contributed by atoms with Crippen LogP contribution >= 0.6 is 0 Å².